The molecular formula is C15H24ClFN2. The van der Waals surface area contributed by atoms with E-state index in [1.54, 1.807) is 6.07 Å². The minimum absolute atomic E-state index is 0. The zero-order valence-electron chi connectivity index (χ0n) is 11.7. The van der Waals surface area contributed by atoms with Gasteiger partial charge in [0.15, 0.2) is 0 Å². The molecule has 1 fully saturated rings. The van der Waals surface area contributed by atoms with Gasteiger partial charge in [-0.25, -0.2) is 4.39 Å². The molecule has 2 atom stereocenters. The molecule has 0 amide bonds. The monoisotopic (exact) mass is 286 g/mol. The van der Waals surface area contributed by atoms with E-state index in [2.05, 4.69) is 11.8 Å². The minimum Gasteiger partial charge on any atom is -0.327 e. The number of hydrogen-bond donors (Lipinski definition) is 1. The Morgan fingerprint density at radius 2 is 2.16 bits per heavy atom. The number of nitrogens with zero attached hydrogens (tertiary/aromatic N) is 1. The van der Waals surface area contributed by atoms with Crippen molar-refractivity contribution in [1.29, 1.82) is 0 Å². The zero-order chi connectivity index (χ0) is 13.1. The summed E-state index contributed by atoms with van der Waals surface area (Å²) >= 11 is 0. The number of rotatable bonds is 3. The highest BCUT2D eigenvalue weighted by Gasteiger charge is 2.25. The predicted octanol–water partition coefficient (Wildman–Crippen LogP) is 3.26. The first-order chi connectivity index (χ1) is 8.58. The molecule has 2 nitrogen and oxygen atoms in total. The normalized spacial score (nSPS) is 21.8. The second-order valence-electron chi connectivity index (χ2n) is 5.49. The van der Waals surface area contributed by atoms with Gasteiger partial charge in [-0.05, 0) is 39.3 Å². The first-order valence-electron chi connectivity index (χ1n) is 6.82. The molecule has 0 saturated carbocycles. The largest absolute Gasteiger partial charge is 0.327 e. The molecule has 1 aromatic carbocycles. The van der Waals surface area contributed by atoms with Crippen molar-refractivity contribution in [3.8, 4) is 0 Å². The topological polar surface area (TPSA) is 29.3 Å². The van der Waals surface area contributed by atoms with E-state index in [1.807, 2.05) is 19.1 Å². The SMILES string of the molecule is Cc1ccc(F)c(CN2CCCCC2C(C)N)c1.Cl. The van der Waals surface area contributed by atoms with Crippen LogP contribution in [0.15, 0.2) is 18.2 Å². The first-order valence-corrected chi connectivity index (χ1v) is 6.82. The predicted molar refractivity (Wildman–Crippen MR) is 80.1 cm³/mol. The highest BCUT2D eigenvalue weighted by molar-refractivity contribution is 5.85. The molecular weight excluding hydrogens is 263 g/mol. The maximum absolute atomic E-state index is 13.8. The molecule has 2 rings (SSSR count). The molecule has 4 heteroatoms. The average Bonchev–Trinajstić information content (AvgIpc) is 2.34. The third-order valence-electron chi connectivity index (χ3n) is 3.85. The molecule has 2 unspecified atom stereocenters. The lowest BCUT2D eigenvalue weighted by Gasteiger charge is -2.38. The highest BCUT2D eigenvalue weighted by atomic mass is 35.5. The molecule has 1 aliphatic heterocycles. The second kappa shape index (κ2) is 7.22. The number of benzene rings is 1. The Kier molecular flexibility index (Phi) is 6.24. The van der Waals surface area contributed by atoms with Gasteiger partial charge in [0.25, 0.3) is 0 Å². The van der Waals surface area contributed by atoms with Gasteiger partial charge >= 0.3 is 0 Å². The van der Waals surface area contributed by atoms with Crippen LogP contribution in [0.2, 0.25) is 0 Å². The van der Waals surface area contributed by atoms with E-state index in [0.717, 1.165) is 24.1 Å². The lowest BCUT2D eigenvalue weighted by atomic mass is 9.96. The van der Waals surface area contributed by atoms with Crippen molar-refractivity contribution in [1.82, 2.24) is 4.90 Å². The highest BCUT2D eigenvalue weighted by Crippen LogP contribution is 2.22. The number of aryl methyl sites for hydroxylation is 1. The van der Waals surface area contributed by atoms with Crippen LogP contribution in [-0.2, 0) is 6.54 Å². The van der Waals surface area contributed by atoms with Gasteiger partial charge in [-0.1, -0.05) is 24.1 Å². The van der Waals surface area contributed by atoms with E-state index in [9.17, 15) is 4.39 Å². The van der Waals surface area contributed by atoms with E-state index in [1.165, 1.54) is 12.8 Å². The number of halogens is 2. The minimum atomic E-state index is -0.102. The van der Waals surface area contributed by atoms with Gasteiger partial charge in [0.2, 0.25) is 0 Å². The molecule has 1 aliphatic rings. The van der Waals surface area contributed by atoms with Crippen molar-refractivity contribution in [3.05, 3.63) is 35.1 Å². The van der Waals surface area contributed by atoms with E-state index >= 15 is 0 Å². The number of piperidine rings is 1. The van der Waals surface area contributed by atoms with Gasteiger partial charge in [-0.3, -0.25) is 4.90 Å². The number of hydrogen-bond acceptors (Lipinski definition) is 2. The lowest BCUT2D eigenvalue weighted by Crippen LogP contribution is -2.48. The van der Waals surface area contributed by atoms with E-state index in [-0.39, 0.29) is 24.3 Å². The van der Waals surface area contributed by atoms with Crippen LogP contribution >= 0.6 is 12.4 Å². The average molecular weight is 287 g/mol. The molecule has 0 aromatic heterocycles. The van der Waals surface area contributed by atoms with Gasteiger partial charge in [0.05, 0.1) is 0 Å². The van der Waals surface area contributed by atoms with Crippen molar-refractivity contribution in [2.24, 2.45) is 5.73 Å². The Labute approximate surface area is 121 Å². The molecule has 0 radical (unpaired) electrons. The Hall–Kier alpha value is -0.640. The van der Waals surface area contributed by atoms with Crippen LogP contribution in [0.3, 0.4) is 0 Å². The molecule has 1 saturated heterocycles. The Balaban J connectivity index is 0.00000180. The van der Waals surface area contributed by atoms with Crippen molar-refractivity contribution < 1.29 is 4.39 Å². The van der Waals surface area contributed by atoms with Crippen LogP contribution in [0, 0.1) is 12.7 Å². The van der Waals surface area contributed by atoms with E-state index < -0.39 is 0 Å². The quantitative estimate of drug-likeness (QED) is 0.924. The van der Waals surface area contributed by atoms with Gasteiger partial charge in [-0.2, -0.15) is 0 Å². The van der Waals surface area contributed by atoms with Crippen molar-refractivity contribution in [3.63, 3.8) is 0 Å². The smallest absolute Gasteiger partial charge is 0.127 e. The standard InChI is InChI=1S/C15H23FN2.ClH/c1-11-6-7-14(16)13(9-11)10-18-8-4-3-5-15(18)12(2)17;/h6-7,9,12,15H,3-5,8,10,17H2,1-2H3;1H. The summed E-state index contributed by atoms with van der Waals surface area (Å²) in [6.45, 7) is 5.76. The molecule has 2 N–H and O–H groups in total. The molecule has 1 heterocycles. The van der Waals surface area contributed by atoms with Crippen LogP contribution < -0.4 is 5.73 Å². The molecule has 1 aromatic rings. The van der Waals surface area contributed by atoms with Crippen molar-refractivity contribution >= 4 is 12.4 Å². The molecule has 19 heavy (non-hydrogen) atoms. The fourth-order valence-electron chi connectivity index (χ4n) is 2.85. The Morgan fingerprint density at radius 1 is 1.42 bits per heavy atom. The van der Waals surface area contributed by atoms with Gasteiger partial charge in [-0.15, -0.1) is 12.4 Å². The van der Waals surface area contributed by atoms with Gasteiger partial charge in [0.1, 0.15) is 5.82 Å². The molecule has 0 aliphatic carbocycles. The summed E-state index contributed by atoms with van der Waals surface area (Å²) in [5.41, 5.74) is 7.95. The van der Waals surface area contributed by atoms with Crippen LogP contribution in [0.25, 0.3) is 0 Å². The summed E-state index contributed by atoms with van der Waals surface area (Å²) in [7, 11) is 0. The zero-order valence-corrected chi connectivity index (χ0v) is 12.5. The summed E-state index contributed by atoms with van der Waals surface area (Å²) in [5.74, 6) is -0.102. The van der Waals surface area contributed by atoms with Crippen LogP contribution in [0.4, 0.5) is 4.39 Å². The first kappa shape index (κ1) is 16.4. The second-order valence-corrected chi connectivity index (χ2v) is 5.49. The molecule has 0 bridgehead atoms. The third kappa shape index (κ3) is 4.16. The summed E-state index contributed by atoms with van der Waals surface area (Å²) < 4.78 is 13.8. The van der Waals surface area contributed by atoms with Crippen LogP contribution in [0.5, 0.6) is 0 Å². The van der Waals surface area contributed by atoms with Crippen LogP contribution in [-0.4, -0.2) is 23.5 Å². The lowest BCUT2D eigenvalue weighted by molar-refractivity contribution is 0.121. The fourth-order valence-corrected chi connectivity index (χ4v) is 2.85. The van der Waals surface area contributed by atoms with Crippen molar-refractivity contribution in [2.45, 2.75) is 51.7 Å². The fraction of sp³-hybridized carbons (Fsp3) is 0.600. The Bertz CT molecular complexity index is 409. The number of likely N-dealkylation sites (tertiary alicyclic amines) is 1. The summed E-state index contributed by atoms with van der Waals surface area (Å²) in [6.07, 6.45) is 3.56. The number of nitrogens with two attached hydrogens (primary N) is 1. The van der Waals surface area contributed by atoms with E-state index in [4.69, 9.17) is 5.73 Å². The summed E-state index contributed by atoms with van der Waals surface area (Å²) in [5, 5.41) is 0. The third-order valence-corrected chi connectivity index (χ3v) is 3.85. The van der Waals surface area contributed by atoms with Gasteiger partial charge < -0.3 is 5.73 Å². The maximum Gasteiger partial charge on any atom is 0.127 e. The molecule has 0 spiro atoms. The maximum atomic E-state index is 13.8. The van der Waals surface area contributed by atoms with Crippen LogP contribution in [0.1, 0.15) is 37.3 Å². The molecule has 108 valence electrons. The van der Waals surface area contributed by atoms with Gasteiger partial charge in [0, 0.05) is 24.2 Å². The Morgan fingerprint density at radius 3 is 2.84 bits per heavy atom. The van der Waals surface area contributed by atoms with Crippen molar-refractivity contribution in [2.75, 3.05) is 6.54 Å². The summed E-state index contributed by atoms with van der Waals surface area (Å²) in [6, 6.07) is 5.87. The summed E-state index contributed by atoms with van der Waals surface area (Å²) in [4.78, 5) is 2.34. The van der Waals surface area contributed by atoms with E-state index in [0.29, 0.717) is 12.6 Å².